The first-order valence-electron chi connectivity index (χ1n) is 7.09. The van der Waals surface area contributed by atoms with E-state index in [4.69, 9.17) is 16.3 Å². The van der Waals surface area contributed by atoms with Crippen LogP contribution >= 0.6 is 11.6 Å². The van der Waals surface area contributed by atoms with Gasteiger partial charge in [-0.1, -0.05) is 20.8 Å². The number of nitrogens with one attached hydrogen (secondary N) is 1. The fraction of sp³-hybridized carbons (Fsp3) is 0.667. The lowest BCUT2D eigenvalue weighted by Crippen LogP contribution is -2.30. The number of hydrogen-bond acceptors (Lipinski definition) is 3. The molecule has 1 heterocycles. The number of pyridine rings is 1. The van der Waals surface area contributed by atoms with Crippen molar-refractivity contribution >= 4 is 17.4 Å². The van der Waals surface area contributed by atoms with Crippen molar-refractivity contribution in [3.63, 3.8) is 0 Å². The molecule has 1 aromatic heterocycles. The van der Waals surface area contributed by atoms with Gasteiger partial charge in [0.05, 0.1) is 6.61 Å². The molecule has 1 N–H and O–H groups in total. The van der Waals surface area contributed by atoms with Crippen LogP contribution in [0.2, 0.25) is 0 Å². The first-order chi connectivity index (χ1) is 9.21. The molecule has 0 radical (unpaired) electrons. The van der Waals surface area contributed by atoms with Crippen LogP contribution in [0.15, 0.2) is 18.3 Å². The predicted molar refractivity (Wildman–Crippen MR) is 82.2 cm³/mol. The van der Waals surface area contributed by atoms with Crippen molar-refractivity contribution in [1.82, 2.24) is 4.98 Å². The van der Waals surface area contributed by atoms with Gasteiger partial charge in [-0.25, -0.2) is 4.98 Å². The number of ether oxygens (including phenoxy) is 1. The Kier molecular flexibility index (Phi) is 7.00. The second-order valence-electron chi connectivity index (χ2n) is 4.89. The number of rotatable bonds is 9. The fourth-order valence-corrected chi connectivity index (χ4v) is 2.33. The van der Waals surface area contributed by atoms with Crippen molar-refractivity contribution in [3.8, 4) is 5.75 Å². The lowest BCUT2D eigenvalue weighted by Gasteiger charge is -2.29. The van der Waals surface area contributed by atoms with Crippen LogP contribution in [0.3, 0.4) is 0 Å². The molecule has 0 bridgehead atoms. The molecular weight excluding hydrogens is 260 g/mol. The molecule has 0 spiro atoms. The zero-order valence-corrected chi connectivity index (χ0v) is 13.0. The highest BCUT2D eigenvalue weighted by atomic mass is 35.5. The molecule has 0 saturated carbocycles. The minimum atomic E-state index is 0.126. The Bertz CT molecular complexity index is 359. The number of hydrogen-bond donors (Lipinski definition) is 1. The molecule has 108 valence electrons. The maximum atomic E-state index is 6.12. The lowest BCUT2D eigenvalue weighted by molar-refractivity contribution is 0.312. The third kappa shape index (κ3) is 4.57. The summed E-state index contributed by atoms with van der Waals surface area (Å²) in [6.45, 7) is 7.99. The van der Waals surface area contributed by atoms with E-state index in [1.807, 2.05) is 12.1 Å². The molecule has 0 aliphatic heterocycles. The Morgan fingerprint density at radius 1 is 1.32 bits per heavy atom. The lowest BCUT2D eigenvalue weighted by atomic mass is 9.84. The number of anilines is 1. The molecule has 4 heteroatoms. The standard InChI is InChI=1S/C15H25ClN2O/c1-4-10-19-13-8-7-9-17-14(13)18-12-15(5-2,6-3)11-16/h7-9H,4-6,10-12H2,1-3H3,(H,17,18). The molecule has 0 unspecified atom stereocenters. The molecule has 0 aliphatic rings. The van der Waals surface area contributed by atoms with E-state index < -0.39 is 0 Å². The first-order valence-corrected chi connectivity index (χ1v) is 7.62. The predicted octanol–water partition coefficient (Wildman–Crippen LogP) is 4.33. The van der Waals surface area contributed by atoms with E-state index in [1.165, 1.54) is 0 Å². The Balaban J connectivity index is 2.71. The summed E-state index contributed by atoms with van der Waals surface area (Å²) in [7, 11) is 0. The Morgan fingerprint density at radius 3 is 2.63 bits per heavy atom. The molecule has 0 atom stereocenters. The van der Waals surface area contributed by atoms with Gasteiger partial charge in [0.15, 0.2) is 11.6 Å². The minimum absolute atomic E-state index is 0.126. The zero-order chi connectivity index (χ0) is 14.1. The molecular formula is C15H25ClN2O. The van der Waals surface area contributed by atoms with Crippen molar-refractivity contribution in [3.05, 3.63) is 18.3 Å². The van der Waals surface area contributed by atoms with E-state index in [2.05, 4.69) is 31.1 Å². The van der Waals surface area contributed by atoms with Gasteiger partial charge < -0.3 is 10.1 Å². The Labute approximate surface area is 121 Å². The van der Waals surface area contributed by atoms with E-state index in [1.54, 1.807) is 6.20 Å². The second-order valence-corrected chi connectivity index (χ2v) is 5.16. The third-order valence-electron chi connectivity index (χ3n) is 3.65. The molecule has 1 aromatic rings. The van der Waals surface area contributed by atoms with E-state index >= 15 is 0 Å². The average molecular weight is 285 g/mol. The van der Waals surface area contributed by atoms with Crippen LogP contribution in [0, 0.1) is 5.41 Å². The molecule has 1 rings (SSSR count). The van der Waals surface area contributed by atoms with E-state index in [-0.39, 0.29) is 5.41 Å². The highest BCUT2D eigenvalue weighted by Crippen LogP contribution is 2.30. The molecule has 0 saturated heterocycles. The van der Waals surface area contributed by atoms with E-state index in [0.717, 1.165) is 37.4 Å². The number of nitrogens with zero attached hydrogens (tertiary/aromatic N) is 1. The van der Waals surface area contributed by atoms with Gasteiger partial charge in [0, 0.05) is 24.0 Å². The van der Waals surface area contributed by atoms with Crippen molar-refractivity contribution in [2.75, 3.05) is 24.3 Å². The number of halogens is 1. The van der Waals surface area contributed by atoms with Gasteiger partial charge in [0.1, 0.15) is 0 Å². The van der Waals surface area contributed by atoms with Gasteiger partial charge in [-0.15, -0.1) is 11.6 Å². The van der Waals surface area contributed by atoms with Crippen LogP contribution in [0.4, 0.5) is 5.82 Å². The van der Waals surface area contributed by atoms with Crippen molar-refractivity contribution < 1.29 is 4.74 Å². The Morgan fingerprint density at radius 2 is 2.05 bits per heavy atom. The number of alkyl halides is 1. The summed E-state index contributed by atoms with van der Waals surface area (Å²) in [6, 6.07) is 3.84. The summed E-state index contributed by atoms with van der Waals surface area (Å²) < 4.78 is 5.69. The van der Waals surface area contributed by atoms with E-state index in [0.29, 0.717) is 12.5 Å². The highest BCUT2D eigenvalue weighted by molar-refractivity contribution is 6.18. The summed E-state index contributed by atoms with van der Waals surface area (Å²) >= 11 is 6.12. The average Bonchev–Trinajstić information content (AvgIpc) is 2.48. The maximum Gasteiger partial charge on any atom is 0.168 e. The van der Waals surface area contributed by atoms with Gasteiger partial charge >= 0.3 is 0 Å². The zero-order valence-electron chi connectivity index (χ0n) is 12.2. The largest absolute Gasteiger partial charge is 0.490 e. The van der Waals surface area contributed by atoms with Crippen LogP contribution < -0.4 is 10.1 Å². The quantitative estimate of drug-likeness (QED) is 0.686. The van der Waals surface area contributed by atoms with Crippen molar-refractivity contribution in [2.45, 2.75) is 40.0 Å². The smallest absolute Gasteiger partial charge is 0.168 e. The normalized spacial score (nSPS) is 11.4. The minimum Gasteiger partial charge on any atom is -0.490 e. The molecule has 3 nitrogen and oxygen atoms in total. The summed E-state index contributed by atoms with van der Waals surface area (Å²) in [5.41, 5.74) is 0.126. The first kappa shape index (κ1) is 16.1. The van der Waals surface area contributed by atoms with Gasteiger partial charge in [0.25, 0.3) is 0 Å². The van der Waals surface area contributed by atoms with Crippen LogP contribution in [0.5, 0.6) is 5.75 Å². The Hall–Kier alpha value is -0.960. The molecule has 0 fully saturated rings. The van der Waals surface area contributed by atoms with Crippen LogP contribution in [-0.2, 0) is 0 Å². The van der Waals surface area contributed by atoms with Gasteiger partial charge in [0.2, 0.25) is 0 Å². The summed E-state index contributed by atoms with van der Waals surface area (Å²) in [6.07, 6.45) is 4.88. The third-order valence-corrected chi connectivity index (χ3v) is 4.21. The highest BCUT2D eigenvalue weighted by Gasteiger charge is 2.25. The molecule has 0 amide bonds. The maximum absolute atomic E-state index is 6.12. The molecule has 19 heavy (non-hydrogen) atoms. The SMILES string of the molecule is CCCOc1cccnc1NCC(CC)(CC)CCl. The van der Waals surface area contributed by atoms with Crippen molar-refractivity contribution in [2.24, 2.45) is 5.41 Å². The van der Waals surface area contributed by atoms with Gasteiger partial charge in [-0.2, -0.15) is 0 Å². The summed E-state index contributed by atoms with van der Waals surface area (Å²) in [5.74, 6) is 2.29. The van der Waals surface area contributed by atoms with Crippen molar-refractivity contribution in [1.29, 1.82) is 0 Å². The topological polar surface area (TPSA) is 34.1 Å². The molecule has 0 aromatic carbocycles. The molecule has 0 aliphatic carbocycles. The van der Waals surface area contributed by atoms with Crippen LogP contribution in [0.1, 0.15) is 40.0 Å². The summed E-state index contributed by atoms with van der Waals surface area (Å²) in [5, 5.41) is 3.40. The van der Waals surface area contributed by atoms with Gasteiger partial charge in [-0.3, -0.25) is 0 Å². The van der Waals surface area contributed by atoms with E-state index in [9.17, 15) is 0 Å². The van der Waals surface area contributed by atoms with Crippen LogP contribution in [0.25, 0.3) is 0 Å². The van der Waals surface area contributed by atoms with Crippen LogP contribution in [-0.4, -0.2) is 24.0 Å². The monoisotopic (exact) mass is 284 g/mol. The summed E-state index contributed by atoms with van der Waals surface area (Å²) in [4.78, 5) is 4.36. The second kappa shape index (κ2) is 8.26. The fourth-order valence-electron chi connectivity index (χ4n) is 1.86. The van der Waals surface area contributed by atoms with Gasteiger partial charge in [-0.05, 0) is 31.4 Å². The number of aromatic nitrogens is 1.